The van der Waals surface area contributed by atoms with Gasteiger partial charge in [0.2, 0.25) is 0 Å². The summed E-state index contributed by atoms with van der Waals surface area (Å²) in [5.74, 6) is -0.963. The van der Waals surface area contributed by atoms with Crippen LogP contribution >= 0.6 is 46.1 Å². The Bertz CT molecular complexity index is 1180. The summed E-state index contributed by atoms with van der Waals surface area (Å²) >= 11 is 19.7. The quantitative estimate of drug-likeness (QED) is 0.373. The molecule has 0 bridgehead atoms. The number of halogens is 3. The number of esters is 1. The Kier molecular flexibility index (Phi) is 7.14. The second-order valence-electron chi connectivity index (χ2n) is 5.82. The molecule has 0 saturated heterocycles. The highest BCUT2D eigenvalue weighted by Gasteiger charge is 2.15. The minimum atomic E-state index is -0.503. The molecule has 0 unspecified atom stereocenters. The van der Waals surface area contributed by atoms with E-state index in [2.05, 4.69) is 4.99 Å². The number of hydrogen-bond acceptors (Lipinski definition) is 4. The van der Waals surface area contributed by atoms with Crippen LogP contribution in [0.1, 0.15) is 12.5 Å². The maximum absolute atomic E-state index is 12.4. The highest BCUT2D eigenvalue weighted by molar-refractivity contribution is 7.16. The van der Waals surface area contributed by atoms with Gasteiger partial charge in [0, 0.05) is 16.1 Å². The first kappa shape index (κ1) is 21.6. The Morgan fingerprint density at radius 1 is 1.17 bits per heavy atom. The monoisotopic (exact) mass is 468 g/mol. The minimum Gasteiger partial charge on any atom is -0.465 e. The molecule has 1 heterocycles. The Morgan fingerprint density at radius 2 is 1.93 bits per heavy atom. The number of amides is 1. The molecule has 0 radical (unpaired) electrons. The first-order chi connectivity index (χ1) is 13.9. The summed E-state index contributed by atoms with van der Waals surface area (Å²) in [4.78, 5) is 28.9. The lowest BCUT2D eigenvalue weighted by molar-refractivity contribution is -0.143. The number of nitrogens with zero attached hydrogens (tertiary/aromatic N) is 2. The number of fused-ring (bicyclic) bond motifs is 1. The van der Waals surface area contributed by atoms with Gasteiger partial charge in [0.25, 0.3) is 5.91 Å². The molecule has 0 aliphatic heterocycles. The van der Waals surface area contributed by atoms with Gasteiger partial charge in [0.05, 0.1) is 21.8 Å². The number of hydrogen-bond donors (Lipinski definition) is 0. The molecular formula is C20H15Cl3N2O3S. The van der Waals surface area contributed by atoms with Crippen molar-refractivity contribution in [1.29, 1.82) is 0 Å². The number of carbonyl (C=O) groups is 2. The SMILES string of the molecule is CCOC(=O)Cn1c(=NC(=O)/C=C/c2ccccc2Cl)sc2cc(Cl)cc(Cl)c21. The van der Waals surface area contributed by atoms with Crippen molar-refractivity contribution in [2.45, 2.75) is 13.5 Å². The number of aromatic nitrogens is 1. The van der Waals surface area contributed by atoms with Gasteiger partial charge in [-0.3, -0.25) is 9.59 Å². The summed E-state index contributed by atoms with van der Waals surface area (Å²) in [6.07, 6.45) is 2.90. The van der Waals surface area contributed by atoms with E-state index in [4.69, 9.17) is 39.5 Å². The Labute approximate surface area is 185 Å². The molecule has 29 heavy (non-hydrogen) atoms. The summed E-state index contributed by atoms with van der Waals surface area (Å²) in [7, 11) is 0. The minimum absolute atomic E-state index is 0.129. The molecule has 0 saturated carbocycles. The molecule has 0 aliphatic rings. The molecule has 1 amide bonds. The summed E-state index contributed by atoms with van der Waals surface area (Å²) in [5, 5.41) is 1.33. The van der Waals surface area contributed by atoms with E-state index in [0.29, 0.717) is 35.6 Å². The second-order valence-corrected chi connectivity index (χ2v) is 8.07. The molecular weight excluding hydrogens is 455 g/mol. The Balaban J connectivity index is 2.05. The average molecular weight is 470 g/mol. The van der Waals surface area contributed by atoms with Gasteiger partial charge in [0.1, 0.15) is 6.54 Å². The summed E-state index contributed by atoms with van der Waals surface area (Å²) in [6, 6.07) is 10.4. The molecule has 0 aliphatic carbocycles. The zero-order valence-electron chi connectivity index (χ0n) is 15.2. The first-order valence-corrected chi connectivity index (χ1v) is 10.5. The molecule has 5 nitrogen and oxygen atoms in total. The molecule has 0 atom stereocenters. The Hall–Kier alpha value is -2.12. The number of carbonyl (C=O) groups excluding carboxylic acids is 2. The van der Waals surface area contributed by atoms with E-state index in [1.807, 2.05) is 6.07 Å². The van der Waals surface area contributed by atoms with E-state index in [1.54, 1.807) is 47.9 Å². The van der Waals surface area contributed by atoms with Crippen molar-refractivity contribution in [3.63, 3.8) is 0 Å². The third-order valence-electron chi connectivity index (χ3n) is 3.80. The van der Waals surface area contributed by atoms with Gasteiger partial charge in [-0.25, -0.2) is 0 Å². The molecule has 3 aromatic rings. The number of benzene rings is 2. The highest BCUT2D eigenvalue weighted by Crippen LogP contribution is 2.29. The number of ether oxygens (including phenoxy) is 1. The largest absolute Gasteiger partial charge is 0.465 e. The van der Waals surface area contributed by atoms with Crippen LogP contribution in [0.25, 0.3) is 16.3 Å². The van der Waals surface area contributed by atoms with Crippen LogP contribution in [0.5, 0.6) is 0 Å². The molecule has 0 N–H and O–H groups in total. The zero-order chi connectivity index (χ0) is 21.0. The zero-order valence-corrected chi connectivity index (χ0v) is 18.3. The number of rotatable bonds is 5. The van der Waals surface area contributed by atoms with E-state index < -0.39 is 11.9 Å². The molecule has 9 heteroatoms. The topological polar surface area (TPSA) is 60.7 Å². The van der Waals surface area contributed by atoms with Crippen molar-refractivity contribution in [2.24, 2.45) is 4.99 Å². The molecule has 150 valence electrons. The lowest BCUT2D eigenvalue weighted by atomic mass is 10.2. The van der Waals surface area contributed by atoms with Gasteiger partial charge in [-0.05, 0) is 36.8 Å². The summed E-state index contributed by atoms with van der Waals surface area (Å²) in [5.41, 5.74) is 1.26. The predicted molar refractivity (Wildman–Crippen MR) is 118 cm³/mol. The predicted octanol–water partition coefficient (Wildman–Crippen LogP) is 5.37. The molecule has 0 fully saturated rings. The van der Waals surface area contributed by atoms with Crippen molar-refractivity contribution in [3.8, 4) is 0 Å². The van der Waals surface area contributed by atoms with Gasteiger partial charge in [0.15, 0.2) is 4.80 Å². The van der Waals surface area contributed by atoms with Crippen LogP contribution in [0, 0.1) is 0 Å². The van der Waals surface area contributed by atoms with Crippen LogP contribution < -0.4 is 4.80 Å². The van der Waals surface area contributed by atoms with Crippen LogP contribution in [0.3, 0.4) is 0 Å². The van der Waals surface area contributed by atoms with Crippen molar-refractivity contribution in [2.75, 3.05) is 6.61 Å². The van der Waals surface area contributed by atoms with E-state index in [-0.39, 0.29) is 13.2 Å². The van der Waals surface area contributed by atoms with E-state index in [1.165, 1.54) is 17.4 Å². The van der Waals surface area contributed by atoms with E-state index in [0.717, 1.165) is 0 Å². The standard InChI is InChI=1S/C20H15Cl3N2O3S/c1-2-28-18(27)11-25-19-15(23)9-13(21)10-16(19)29-20(25)24-17(26)8-7-12-5-3-4-6-14(12)22/h3-10H,2,11H2,1H3/b8-7+,24-20?. The third-order valence-corrected chi connectivity index (χ3v) is 5.68. The molecule has 2 aromatic carbocycles. The second kappa shape index (κ2) is 9.59. The first-order valence-electron chi connectivity index (χ1n) is 8.54. The van der Waals surface area contributed by atoms with E-state index >= 15 is 0 Å². The van der Waals surface area contributed by atoms with Gasteiger partial charge < -0.3 is 9.30 Å². The smallest absolute Gasteiger partial charge is 0.326 e. The van der Waals surface area contributed by atoms with Crippen molar-refractivity contribution >= 4 is 74.3 Å². The van der Waals surface area contributed by atoms with Crippen LogP contribution in [0.4, 0.5) is 0 Å². The maximum Gasteiger partial charge on any atom is 0.326 e. The maximum atomic E-state index is 12.4. The van der Waals surface area contributed by atoms with E-state index in [9.17, 15) is 9.59 Å². The van der Waals surface area contributed by atoms with Crippen LogP contribution in [-0.4, -0.2) is 23.1 Å². The summed E-state index contributed by atoms with van der Waals surface area (Å²) < 4.78 is 7.28. The lowest BCUT2D eigenvalue weighted by Crippen LogP contribution is -2.23. The lowest BCUT2D eigenvalue weighted by Gasteiger charge is -2.06. The fraction of sp³-hybridized carbons (Fsp3) is 0.150. The van der Waals surface area contributed by atoms with Gasteiger partial charge in [-0.2, -0.15) is 4.99 Å². The molecule has 1 aromatic heterocycles. The van der Waals surface area contributed by atoms with Gasteiger partial charge in [-0.1, -0.05) is 64.3 Å². The third kappa shape index (κ3) is 5.28. The number of thiazole rings is 1. The highest BCUT2D eigenvalue weighted by atomic mass is 35.5. The van der Waals surface area contributed by atoms with Gasteiger partial charge in [-0.15, -0.1) is 0 Å². The van der Waals surface area contributed by atoms with Crippen LogP contribution in [0.2, 0.25) is 15.1 Å². The van der Waals surface area contributed by atoms with Crippen molar-refractivity contribution in [1.82, 2.24) is 4.57 Å². The molecule has 3 rings (SSSR count). The van der Waals surface area contributed by atoms with Gasteiger partial charge >= 0.3 is 5.97 Å². The average Bonchev–Trinajstić information content (AvgIpc) is 2.98. The normalized spacial score (nSPS) is 12.1. The van der Waals surface area contributed by atoms with Crippen molar-refractivity contribution in [3.05, 3.63) is 67.9 Å². The Morgan fingerprint density at radius 3 is 2.66 bits per heavy atom. The van der Waals surface area contributed by atoms with Crippen LogP contribution in [0.15, 0.2) is 47.5 Å². The fourth-order valence-corrected chi connectivity index (χ4v) is 4.62. The molecule has 0 spiro atoms. The fourth-order valence-electron chi connectivity index (χ4n) is 2.60. The summed E-state index contributed by atoms with van der Waals surface area (Å²) in [6.45, 7) is 1.83. The van der Waals surface area contributed by atoms with Crippen LogP contribution in [-0.2, 0) is 20.9 Å². The van der Waals surface area contributed by atoms with Crippen molar-refractivity contribution < 1.29 is 14.3 Å².